The summed E-state index contributed by atoms with van der Waals surface area (Å²) in [7, 11) is -2.92. The Labute approximate surface area is 179 Å². The number of benzene rings is 2. The van der Waals surface area contributed by atoms with E-state index in [1.165, 1.54) is 28.5 Å². The first-order valence-electron chi connectivity index (χ1n) is 10.6. The molecule has 2 aliphatic rings. The summed E-state index contributed by atoms with van der Waals surface area (Å²) in [6, 6.07) is 7.02. The fourth-order valence-electron chi connectivity index (χ4n) is 4.76. The Balaban J connectivity index is 1.67. The third-order valence-corrected chi connectivity index (χ3v) is 8.04. The lowest BCUT2D eigenvalue weighted by Crippen LogP contribution is -2.17. The Bertz CT molecular complexity index is 1120. The molecule has 6 heteroatoms. The van der Waals surface area contributed by atoms with Crippen molar-refractivity contribution < 1.29 is 14.1 Å². The highest BCUT2D eigenvalue weighted by molar-refractivity contribution is 7.93. The number of anilines is 1. The van der Waals surface area contributed by atoms with E-state index in [4.69, 9.17) is 0 Å². The number of nitrogens with zero attached hydrogens (tertiary/aromatic N) is 1. The molecule has 0 saturated carbocycles. The van der Waals surface area contributed by atoms with Crippen LogP contribution in [0.5, 0.6) is 0 Å². The van der Waals surface area contributed by atoms with E-state index in [-0.39, 0.29) is 0 Å². The Morgan fingerprint density at radius 3 is 2.20 bits per heavy atom. The number of fused-ring (bicyclic) bond motifs is 2. The van der Waals surface area contributed by atoms with Crippen molar-refractivity contribution in [1.29, 1.82) is 0 Å². The van der Waals surface area contributed by atoms with E-state index in [1.54, 1.807) is 26.0 Å². The number of rotatable bonds is 3. The van der Waals surface area contributed by atoms with Crippen molar-refractivity contribution in [2.75, 3.05) is 11.6 Å². The van der Waals surface area contributed by atoms with Gasteiger partial charge in [0, 0.05) is 11.9 Å². The largest absolute Gasteiger partial charge is 0.386 e. The Hall–Kier alpha value is -2.18. The molecule has 2 aliphatic carbocycles. The van der Waals surface area contributed by atoms with Gasteiger partial charge in [-0.3, -0.25) is 0 Å². The van der Waals surface area contributed by atoms with Crippen LogP contribution in [0.3, 0.4) is 0 Å². The fraction of sp³-hybridized carbons (Fsp3) is 0.458. The average Bonchev–Trinajstić information content (AvgIpc) is 3.28. The van der Waals surface area contributed by atoms with Gasteiger partial charge in [-0.1, -0.05) is 18.2 Å². The standard InChI is InChI=1S/C24H30N2O3S/c1-15-13-18(24(2,3)28)11-12-21(15)30(4,29)26-23(27)25-22-19-9-5-7-16(19)14-17-8-6-10-20(17)22/h11-14,28H,5-10H2,1-4H3,(H,25,27). The summed E-state index contributed by atoms with van der Waals surface area (Å²) >= 11 is 0. The lowest BCUT2D eigenvalue weighted by atomic mass is 9.97. The molecule has 1 atom stereocenters. The number of hydrogen-bond donors (Lipinski definition) is 2. The second kappa shape index (κ2) is 7.50. The molecule has 0 radical (unpaired) electrons. The molecule has 1 unspecified atom stereocenters. The predicted octanol–water partition coefficient (Wildman–Crippen LogP) is 4.89. The molecule has 2 N–H and O–H groups in total. The van der Waals surface area contributed by atoms with Gasteiger partial charge in [0.25, 0.3) is 0 Å². The highest BCUT2D eigenvalue weighted by Crippen LogP contribution is 2.38. The molecule has 0 bridgehead atoms. The minimum atomic E-state index is -2.92. The van der Waals surface area contributed by atoms with E-state index in [0.717, 1.165) is 55.3 Å². The smallest absolute Gasteiger partial charge is 0.353 e. The van der Waals surface area contributed by atoms with Gasteiger partial charge in [-0.25, -0.2) is 9.00 Å². The van der Waals surface area contributed by atoms with Crippen LogP contribution < -0.4 is 5.32 Å². The van der Waals surface area contributed by atoms with Crippen LogP contribution in [0.15, 0.2) is 33.5 Å². The maximum absolute atomic E-state index is 13.3. The molecule has 5 nitrogen and oxygen atoms in total. The molecule has 4 rings (SSSR count). The summed E-state index contributed by atoms with van der Waals surface area (Å²) in [4.78, 5) is 13.4. The highest BCUT2D eigenvalue weighted by atomic mass is 32.2. The SMILES string of the molecule is Cc1cc(C(C)(C)O)ccc1S(C)(=O)=NC(=O)Nc1c2c(cc3c1CCC3)CCC2. The molecule has 2 amide bonds. The number of urea groups is 1. The summed E-state index contributed by atoms with van der Waals surface area (Å²) in [5.74, 6) is 0. The number of hydrogen-bond acceptors (Lipinski definition) is 3. The summed E-state index contributed by atoms with van der Waals surface area (Å²) in [6.45, 7) is 5.25. The quantitative estimate of drug-likeness (QED) is 0.733. The maximum Gasteiger partial charge on any atom is 0.353 e. The number of aryl methyl sites for hydroxylation is 3. The van der Waals surface area contributed by atoms with Gasteiger partial charge in [-0.05, 0) is 98.7 Å². The zero-order chi connectivity index (χ0) is 21.7. The summed E-state index contributed by atoms with van der Waals surface area (Å²) in [5, 5.41) is 13.2. The molecule has 0 saturated heterocycles. The molecule has 0 fully saturated rings. The van der Waals surface area contributed by atoms with Crippen molar-refractivity contribution in [3.05, 3.63) is 57.6 Å². The minimum absolute atomic E-state index is 0.522. The van der Waals surface area contributed by atoms with Gasteiger partial charge in [0.1, 0.15) is 0 Å². The fourth-order valence-corrected chi connectivity index (χ4v) is 6.20. The number of nitrogens with one attached hydrogen (secondary N) is 1. The number of carbonyl (C=O) groups is 1. The third kappa shape index (κ3) is 3.91. The van der Waals surface area contributed by atoms with E-state index < -0.39 is 21.4 Å². The number of aliphatic hydroxyl groups is 1. The number of amides is 2. The molecule has 2 aromatic rings. The Kier molecular flexibility index (Phi) is 5.27. The van der Waals surface area contributed by atoms with Crippen molar-refractivity contribution in [2.24, 2.45) is 4.36 Å². The first kappa shape index (κ1) is 21.1. The van der Waals surface area contributed by atoms with Crippen LogP contribution in [0.1, 0.15) is 60.1 Å². The van der Waals surface area contributed by atoms with Gasteiger partial charge in [0.15, 0.2) is 0 Å². The van der Waals surface area contributed by atoms with Crippen molar-refractivity contribution in [3.63, 3.8) is 0 Å². The number of carbonyl (C=O) groups excluding carboxylic acids is 1. The van der Waals surface area contributed by atoms with Crippen LogP contribution in [0.2, 0.25) is 0 Å². The van der Waals surface area contributed by atoms with Crippen molar-refractivity contribution >= 4 is 21.4 Å². The third-order valence-electron chi connectivity index (χ3n) is 6.25. The lowest BCUT2D eigenvalue weighted by Gasteiger charge is -2.19. The topological polar surface area (TPSA) is 78.8 Å². The van der Waals surface area contributed by atoms with Gasteiger partial charge < -0.3 is 10.4 Å². The van der Waals surface area contributed by atoms with Crippen LogP contribution >= 0.6 is 0 Å². The van der Waals surface area contributed by atoms with Gasteiger partial charge >= 0.3 is 6.03 Å². The highest BCUT2D eigenvalue weighted by Gasteiger charge is 2.25. The van der Waals surface area contributed by atoms with E-state index in [1.807, 2.05) is 13.0 Å². The van der Waals surface area contributed by atoms with Crippen molar-refractivity contribution in [1.82, 2.24) is 0 Å². The molecule has 0 heterocycles. The minimum Gasteiger partial charge on any atom is -0.386 e. The molecule has 0 aliphatic heterocycles. The van der Waals surface area contributed by atoms with E-state index in [2.05, 4.69) is 15.7 Å². The second-order valence-electron chi connectivity index (χ2n) is 9.10. The molecule has 160 valence electrons. The van der Waals surface area contributed by atoms with E-state index >= 15 is 0 Å². The van der Waals surface area contributed by atoms with E-state index in [9.17, 15) is 14.1 Å². The normalized spacial score (nSPS) is 17.2. The summed E-state index contributed by atoms with van der Waals surface area (Å²) < 4.78 is 17.4. The maximum atomic E-state index is 13.3. The van der Waals surface area contributed by atoms with Crippen LogP contribution in [0.25, 0.3) is 0 Å². The molecular weight excluding hydrogens is 396 g/mol. The molecule has 0 spiro atoms. The van der Waals surface area contributed by atoms with Crippen LogP contribution in [0, 0.1) is 6.92 Å². The van der Waals surface area contributed by atoms with Crippen molar-refractivity contribution in [2.45, 2.75) is 69.8 Å². The summed E-state index contributed by atoms with van der Waals surface area (Å²) in [6.07, 6.45) is 7.76. The van der Waals surface area contributed by atoms with Gasteiger partial charge in [-0.15, -0.1) is 4.36 Å². The lowest BCUT2D eigenvalue weighted by molar-refractivity contribution is 0.0784. The van der Waals surface area contributed by atoms with Gasteiger partial charge in [-0.2, -0.15) is 0 Å². The predicted molar refractivity (Wildman–Crippen MR) is 121 cm³/mol. The Morgan fingerprint density at radius 2 is 1.67 bits per heavy atom. The first-order valence-corrected chi connectivity index (χ1v) is 12.5. The van der Waals surface area contributed by atoms with Crippen LogP contribution in [-0.4, -0.2) is 21.6 Å². The van der Waals surface area contributed by atoms with Gasteiger partial charge in [0.2, 0.25) is 0 Å². The first-order chi connectivity index (χ1) is 14.1. The van der Waals surface area contributed by atoms with Crippen molar-refractivity contribution in [3.8, 4) is 0 Å². The molecule has 30 heavy (non-hydrogen) atoms. The molecular formula is C24H30N2O3S. The summed E-state index contributed by atoms with van der Waals surface area (Å²) in [5.41, 5.74) is 6.54. The van der Waals surface area contributed by atoms with Crippen LogP contribution in [0.4, 0.5) is 10.5 Å². The van der Waals surface area contributed by atoms with Gasteiger partial charge in [0.05, 0.1) is 20.2 Å². The van der Waals surface area contributed by atoms with Crippen LogP contribution in [-0.2, 0) is 41.0 Å². The zero-order valence-corrected chi connectivity index (χ0v) is 19.0. The molecule has 2 aromatic carbocycles. The van der Waals surface area contributed by atoms with E-state index in [0.29, 0.717) is 4.90 Å². The second-order valence-corrected chi connectivity index (χ2v) is 11.3. The zero-order valence-electron chi connectivity index (χ0n) is 18.2. The Morgan fingerprint density at radius 1 is 1.07 bits per heavy atom. The average molecular weight is 427 g/mol. The monoisotopic (exact) mass is 426 g/mol. The molecule has 0 aromatic heterocycles.